The number of hydrogen-bond donors (Lipinski definition) is 2. The first kappa shape index (κ1) is 14.9. The predicted octanol–water partition coefficient (Wildman–Crippen LogP) is 2.47. The number of aromatic nitrogens is 3. The molecule has 0 aliphatic carbocycles. The Balaban J connectivity index is 1.82. The summed E-state index contributed by atoms with van der Waals surface area (Å²) in [6.45, 7) is 0. The molecule has 0 unspecified atom stereocenters. The third kappa shape index (κ3) is 2.61. The van der Waals surface area contributed by atoms with Gasteiger partial charge in [-0.05, 0) is 29.8 Å². The van der Waals surface area contributed by atoms with Gasteiger partial charge in [0.15, 0.2) is 0 Å². The van der Waals surface area contributed by atoms with E-state index in [0.29, 0.717) is 22.3 Å². The maximum Gasteiger partial charge on any atom is 0.298 e. The summed E-state index contributed by atoms with van der Waals surface area (Å²) in [7, 11) is 1.59. The number of rotatable bonds is 3. The zero-order valence-electron chi connectivity index (χ0n) is 13.3. The lowest BCUT2D eigenvalue weighted by Crippen LogP contribution is -2.17. The second kappa shape index (κ2) is 5.79. The molecule has 25 heavy (non-hydrogen) atoms. The third-order valence-corrected chi connectivity index (χ3v) is 3.90. The maximum absolute atomic E-state index is 12.6. The number of phenolic OH excluding ortho intramolecular Hbond substituents is 1. The van der Waals surface area contributed by atoms with Crippen molar-refractivity contribution in [2.24, 2.45) is 5.10 Å². The highest BCUT2D eigenvalue weighted by Gasteiger charge is 2.11. The molecule has 0 aliphatic heterocycles. The molecule has 0 saturated heterocycles. The molecule has 4 aromatic rings. The molecule has 2 aromatic heterocycles. The van der Waals surface area contributed by atoms with Crippen molar-refractivity contribution in [3.8, 4) is 11.5 Å². The SMILES string of the molecule is COc1ccc2c(c1)[nH]c1c(=O)n(N=Cc3cccc(O)c3)cnc12. The van der Waals surface area contributed by atoms with Crippen molar-refractivity contribution in [1.82, 2.24) is 14.6 Å². The molecule has 7 heteroatoms. The molecule has 7 nitrogen and oxygen atoms in total. The number of methoxy groups -OCH3 is 1. The van der Waals surface area contributed by atoms with Gasteiger partial charge in [-0.15, -0.1) is 0 Å². The summed E-state index contributed by atoms with van der Waals surface area (Å²) in [4.78, 5) is 20.1. The van der Waals surface area contributed by atoms with Crippen LogP contribution in [0.3, 0.4) is 0 Å². The van der Waals surface area contributed by atoms with Crippen LogP contribution in [0.5, 0.6) is 11.5 Å². The van der Waals surface area contributed by atoms with Gasteiger partial charge in [0.1, 0.15) is 28.9 Å². The number of phenols is 1. The Bertz CT molecular complexity index is 1170. The van der Waals surface area contributed by atoms with Gasteiger partial charge in [-0.1, -0.05) is 12.1 Å². The Labute approximate surface area is 141 Å². The summed E-state index contributed by atoms with van der Waals surface area (Å²) in [6, 6.07) is 12.1. The summed E-state index contributed by atoms with van der Waals surface area (Å²) in [5, 5.41) is 14.4. The lowest BCUT2D eigenvalue weighted by atomic mass is 10.2. The fourth-order valence-corrected chi connectivity index (χ4v) is 2.67. The highest BCUT2D eigenvalue weighted by atomic mass is 16.5. The summed E-state index contributed by atoms with van der Waals surface area (Å²) >= 11 is 0. The van der Waals surface area contributed by atoms with Crippen molar-refractivity contribution < 1.29 is 9.84 Å². The van der Waals surface area contributed by atoms with Crippen LogP contribution in [0.2, 0.25) is 0 Å². The van der Waals surface area contributed by atoms with E-state index in [1.165, 1.54) is 12.5 Å². The highest BCUT2D eigenvalue weighted by molar-refractivity contribution is 6.04. The molecule has 0 spiro atoms. The number of aromatic amines is 1. The Morgan fingerprint density at radius 3 is 2.96 bits per heavy atom. The van der Waals surface area contributed by atoms with E-state index in [0.717, 1.165) is 15.6 Å². The van der Waals surface area contributed by atoms with Gasteiger partial charge < -0.3 is 14.8 Å². The molecule has 0 fully saturated rings. The highest BCUT2D eigenvalue weighted by Crippen LogP contribution is 2.25. The quantitative estimate of drug-likeness (QED) is 0.563. The Kier molecular flexibility index (Phi) is 3.46. The van der Waals surface area contributed by atoms with Gasteiger partial charge in [0.25, 0.3) is 5.56 Å². The average Bonchev–Trinajstić information content (AvgIpc) is 3.00. The molecule has 0 radical (unpaired) electrons. The van der Waals surface area contributed by atoms with Gasteiger partial charge in [-0.3, -0.25) is 4.79 Å². The van der Waals surface area contributed by atoms with Crippen molar-refractivity contribution >= 4 is 28.2 Å². The lowest BCUT2D eigenvalue weighted by molar-refractivity contribution is 0.415. The van der Waals surface area contributed by atoms with E-state index in [4.69, 9.17) is 4.74 Å². The number of ether oxygens (including phenoxy) is 1. The number of nitrogens with one attached hydrogen (secondary N) is 1. The van der Waals surface area contributed by atoms with Crippen LogP contribution in [0.4, 0.5) is 0 Å². The van der Waals surface area contributed by atoms with Crippen LogP contribution >= 0.6 is 0 Å². The molecule has 2 N–H and O–H groups in total. The maximum atomic E-state index is 12.6. The molecular weight excluding hydrogens is 320 g/mol. The zero-order chi connectivity index (χ0) is 17.4. The number of hydrogen-bond acceptors (Lipinski definition) is 5. The summed E-state index contributed by atoms with van der Waals surface area (Å²) in [5.74, 6) is 0.829. The van der Waals surface area contributed by atoms with E-state index in [2.05, 4.69) is 15.1 Å². The summed E-state index contributed by atoms with van der Waals surface area (Å²) in [5.41, 5.74) is 2.10. The van der Waals surface area contributed by atoms with Crippen LogP contribution in [-0.4, -0.2) is 33.1 Å². The Morgan fingerprint density at radius 2 is 2.16 bits per heavy atom. The molecule has 2 aromatic carbocycles. The number of nitrogens with zero attached hydrogens (tertiary/aromatic N) is 3. The minimum atomic E-state index is -0.309. The Hall–Kier alpha value is -3.61. The number of fused-ring (bicyclic) bond motifs is 3. The lowest BCUT2D eigenvalue weighted by Gasteiger charge is -1.98. The van der Waals surface area contributed by atoms with Crippen molar-refractivity contribution in [1.29, 1.82) is 0 Å². The second-order valence-corrected chi connectivity index (χ2v) is 5.49. The first-order valence-electron chi connectivity index (χ1n) is 7.56. The molecule has 0 bridgehead atoms. The molecule has 0 aliphatic rings. The second-order valence-electron chi connectivity index (χ2n) is 5.49. The minimum absolute atomic E-state index is 0.134. The largest absolute Gasteiger partial charge is 0.508 e. The van der Waals surface area contributed by atoms with Crippen LogP contribution in [0.15, 0.2) is 58.7 Å². The van der Waals surface area contributed by atoms with E-state index in [9.17, 15) is 9.90 Å². The van der Waals surface area contributed by atoms with Gasteiger partial charge in [0.05, 0.1) is 18.8 Å². The van der Waals surface area contributed by atoms with Crippen LogP contribution in [-0.2, 0) is 0 Å². The first-order valence-corrected chi connectivity index (χ1v) is 7.56. The normalized spacial score (nSPS) is 11.6. The molecule has 124 valence electrons. The van der Waals surface area contributed by atoms with E-state index in [1.54, 1.807) is 31.4 Å². The van der Waals surface area contributed by atoms with Crippen LogP contribution in [0.25, 0.3) is 21.9 Å². The third-order valence-electron chi connectivity index (χ3n) is 3.90. The molecule has 0 saturated carbocycles. The number of benzene rings is 2. The van der Waals surface area contributed by atoms with Crippen LogP contribution in [0.1, 0.15) is 5.56 Å². The number of aromatic hydroxyl groups is 1. The van der Waals surface area contributed by atoms with Crippen LogP contribution in [0, 0.1) is 0 Å². The number of H-pyrrole nitrogens is 1. The van der Waals surface area contributed by atoms with Gasteiger partial charge >= 0.3 is 0 Å². The van der Waals surface area contributed by atoms with E-state index >= 15 is 0 Å². The van der Waals surface area contributed by atoms with Crippen molar-refractivity contribution in [3.63, 3.8) is 0 Å². The van der Waals surface area contributed by atoms with Crippen molar-refractivity contribution in [3.05, 3.63) is 64.7 Å². The predicted molar refractivity (Wildman–Crippen MR) is 95.5 cm³/mol. The standard InChI is InChI=1S/C18H14N4O3/c1-25-13-5-6-14-15(8-13)21-17-16(14)19-10-22(18(17)24)20-9-11-3-2-4-12(23)7-11/h2-10,21,23H,1H3. The van der Waals surface area contributed by atoms with Gasteiger partial charge in [-0.2, -0.15) is 9.78 Å². The van der Waals surface area contributed by atoms with E-state index < -0.39 is 0 Å². The molecule has 2 heterocycles. The van der Waals surface area contributed by atoms with Crippen molar-refractivity contribution in [2.45, 2.75) is 0 Å². The van der Waals surface area contributed by atoms with E-state index in [1.807, 2.05) is 18.2 Å². The monoisotopic (exact) mass is 334 g/mol. The topological polar surface area (TPSA) is 92.5 Å². The van der Waals surface area contributed by atoms with Gasteiger partial charge in [-0.25, -0.2) is 4.98 Å². The summed E-state index contributed by atoms with van der Waals surface area (Å²) in [6.07, 6.45) is 2.86. The average molecular weight is 334 g/mol. The first-order chi connectivity index (χ1) is 12.2. The molecule has 0 atom stereocenters. The van der Waals surface area contributed by atoms with Gasteiger partial charge in [0, 0.05) is 11.5 Å². The van der Waals surface area contributed by atoms with Crippen LogP contribution < -0.4 is 10.3 Å². The molecular formula is C18H14N4O3. The smallest absolute Gasteiger partial charge is 0.298 e. The fourth-order valence-electron chi connectivity index (χ4n) is 2.67. The van der Waals surface area contributed by atoms with Crippen molar-refractivity contribution in [2.75, 3.05) is 7.11 Å². The van der Waals surface area contributed by atoms with E-state index in [-0.39, 0.29) is 11.3 Å². The Morgan fingerprint density at radius 1 is 1.28 bits per heavy atom. The summed E-state index contributed by atoms with van der Waals surface area (Å²) < 4.78 is 6.35. The van der Waals surface area contributed by atoms with Gasteiger partial charge in [0.2, 0.25) is 0 Å². The fraction of sp³-hybridized carbons (Fsp3) is 0.0556. The molecule has 4 rings (SSSR count). The minimum Gasteiger partial charge on any atom is -0.508 e. The molecule has 0 amide bonds. The zero-order valence-corrected chi connectivity index (χ0v) is 13.3.